The fraction of sp³-hybridized carbons (Fsp3) is 0.500. The lowest BCUT2D eigenvalue weighted by Crippen LogP contribution is -2.37. The van der Waals surface area contributed by atoms with Gasteiger partial charge in [-0.3, -0.25) is 4.79 Å². The highest BCUT2D eigenvalue weighted by molar-refractivity contribution is 7.89. The Balaban J connectivity index is 3.09. The normalized spacial score (nSPS) is 11.6. The molecule has 0 atom stereocenters. The molecule has 7 heteroatoms. The minimum absolute atomic E-state index is 0.0864. The van der Waals surface area contributed by atoms with E-state index in [-0.39, 0.29) is 24.6 Å². The number of ether oxygens (including phenoxy) is 1. The highest BCUT2D eigenvalue weighted by Gasteiger charge is 2.26. The van der Waals surface area contributed by atoms with E-state index in [9.17, 15) is 13.2 Å². The van der Waals surface area contributed by atoms with Crippen LogP contribution < -0.4 is 5.73 Å². The SMILES string of the molecule is CCCN(CC(=O)OCC)S(=O)(=O)c1ccc(C)c(N)c1. The Morgan fingerprint density at radius 1 is 1.33 bits per heavy atom. The molecule has 0 aliphatic rings. The first-order valence-electron chi connectivity index (χ1n) is 6.84. The van der Waals surface area contributed by atoms with Gasteiger partial charge in [-0.2, -0.15) is 4.31 Å². The highest BCUT2D eigenvalue weighted by Crippen LogP contribution is 2.21. The van der Waals surface area contributed by atoms with E-state index in [1.807, 2.05) is 6.92 Å². The number of hydrogen-bond donors (Lipinski definition) is 1. The number of nitrogen functional groups attached to an aromatic ring is 1. The largest absolute Gasteiger partial charge is 0.465 e. The van der Waals surface area contributed by atoms with Gasteiger partial charge in [-0.05, 0) is 38.0 Å². The van der Waals surface area contributed by atoms with Crippen LogP contribution in [0.3, 0.4) is 0 Å². The maximum atomic E-state index is 12.6. The van der Waals surface area contributed by atoms with Crippen LogP contribution in [0.5, 0.6) is 0 Å². The molecule has 0 amide bonds. The summed E-state index contributed by atoms with van der Waals surface area (Å²) in [4.78, 5) is 11.7. The van der Waals surface area contributed by atoms with Gasteiger partial charge in [0.15, 0.2) is 0 Å². The number of sulfonamides is 1. The molecular weight excluding hydrogens is 292 g/mol. The zero-order valence-electron chi connectivity index (χ0n) is 12.6. The van der Waals surface area contributed by atoms with E-state index in [4.69, 9.17) is 10.5 Å². The van der Waals surface area contributed by atoms with Gasteiger partial charge in [0.2, 0.25) is 10.0 Å². The van der Waals surface area contributed by atoms with E-state index < -0.39 is 16.0 Å². The molecule has 0 radical (unpaired) electrons. The van der Waals surface area contributed by atoms with Crippen LogP contribution in [0.25, 0.3) is 0 Å². The van der Waals surface area contributed by atoms with Gasteiger partial charge in [-0.1, -0.05) is 13.0 Å². The van der Waals surface area contributed by atoms with Crippen molar-refractivity contribution in [1.82, 2.24) is 4.31 Å². The fourth-order valence-electron chi connectivity index (χ4n) is 1.81. The maximum absolute atomic E-state index is 12.6. The minimum atomic E-state index is -3.76. The Morgan fingerprint density at radius 3 is 2.52 bits per heavy atom. The number of carbonyl (C=O) groups excluding carboxylic acids is 1. The van der Waals surface area contributed by atoms with Crippen molar-refractivity contribution in [2.24, 2.45) is 0 Å². The zero-order valence-corrected chi connectivity index (χ0v) is 13.4. The van der Waals surface area contributed by atoms with Crippen molar-refractivity contribution in [2.75, 3.05) is 25.4 Å². The molecule has 0 aliphatic carbocycles. The van der Waals surface area contributed by atoms with E-state index >= 15 is 0 Å². The average molecular weight is 314 g/mol. The highest BCUT2D eigenvalue weighted by atomic mass is 32.2. The first-order valence-corrected chi connectivity index (χ1v) is 8.28. The molecule has 0 saturated carbocycles. The summed E-state index contributed by atoms with van der Waals surface area (Å²) < 4.78 is 31.1. The molecule has 21 heavy (non-hydrogen) atoms. The second-order valence-electron chi connectivity index (χ2n) is 4.66. The third kappa shape index (κ3) is 4.44. The van der Waals surface area contributed by atoms with Crippen LogP contribution in [-0.4, -0.2) is 38.4 Å². The van der Waals surface area contributed by atoms with Gasteiger partial charge in [0, 0.05) is 12.2 Å². The van der Waals surface area contributed by atoms with Gasteiger partial charge in [0.25, 0.3) is 0 Å². The number of rotatable bonds is 7. The third-order valence-corrected chi connectivity index (χ3v) is 4.81. The summed E-state index contributed by atoms with van der Waals surface area (Å²) in [5.41, 5.74) is 6.98. The molecule has 0 unspecified atom stereocenters. The smallest absolute Gasteiger partial charge is 0.321 e. The number of esters is 1. The molecule has 1 aromatic carbocycles. The molecule has 0 bridgehead atoms. The van der Waals surface area contributed by atoms with Crippen LogP contribution in [0.4, 0.5) is 5.69 Å². The van der Waals surface area contributed by atoms with Gasteiger partial charge >= 0.3 is 5.97 Å². The average Bonchev–Trinajstić information content (AvgIpc) is 2.41. The molecule has 0 aliphatic heterocycles. The molecule has 118 valence electrons. The Morgan fingerprint density at radius 2 is 2.00 bits per heavy atom. The van der Waals surface area contributed by atoms with Crippen molar-refractivity contribution in [2.45, 2.75) is 32.1 Å². The van der Waals surface area contributed by atoms with Gasteiger partial charge < -0.3 is 10.5 Å². The molecule has 2 N–H and O–H groups in total. The van der Waals surface area contributed by atoms with E-state index in [1.165, 1.54) is 12.1 Å². The van der Waals surface area contributed by atoms with Gasteiger partial charge in [-0.15, -0.1) is 0 Å². The lowest BCUT2D eigenvalue weighted by Gasteiger charge is -2.21. The lowest BCUT2D eigenvalue weighted by molar-refractivity contribution is -0.143. The summed E-state index contributed by atoms with van der Waals surface area (Å²) in [6.07, 6.45) is 0.597. The summed E-state index contributed by atoms with van der Waals surface area (Å²) in [6, 6.07) is 4.56. The topological polar surface area (TPSA) is 89.7 Å². The summed E-state index contributed by atoms with van der Waals surface area (Å²) in [7, 11) is -3.76. The fourth-order valence-corrected chi connectivity index (χ4v) is 3.32. The Hall–Kier alpha value is -1.60. The minimum Gasteiger partial charge on any atom is -0.465 e. The van der Waals surface area contributed by atoms with Crippen LogP contribution in [0, 0.1) is 6.92 Å². The van der Waals surface area contributed by atoms with Crippen molar-refractivity contribution in [1.29, 1.82) is 0 Å². The monoisotopic (exact) mass is 314 g/mol. The Bertz CT molecular complexity index is 599. The van der Waals surface area contributed by atoms with Crippen LogP contribution in [0.2, 0.25) is 0 Å². The van der Waals surface area contributed by atoms with Crippen molar-refractivity contribution >= 4 is 21.7 Å². The maximum Gasteiger partial charge on any atom is 0.321 e. The molecule has 0 fully saturated rings. The molecule has 1 aromatic rings. The summed E-state index contributed by atoms with van der Waals surface area (Å²) >= 11 is 0. The number of nitrogens with zero attached hydrogens (tertiary/aromatic N) is 1. The number of aryl methyl sites for hydroxylation is 1. The predicted molar refractivity (Wildman–Crippen MR) is 81.3 cm³/mol. The standard InChI is InChI=1S/C14H22N2O4S/c1-4-8-16(10-14(17)20-5-2)21(18,19)12-7-6-11(3)13(15)9-12/h6-7,9H,4-5,8,10,15H2,1-3H3. The molecule has 0 saturated heterocycles. The van der Waals surface area contributed by atoms with Crippen molar-refractivity contribution in [3.05, 3.63) is 23.8 Å². The summed E-state index contributed by atoms with van der Waals surface area (Å²) in [6.45, 7) is 5.49. The first-order chi connectivity index (χ1) is 9.82. The van der Waals surface area contributed by atoms with Gasteiger partial charge in [0.1, 0.15) is 6.54 Å². The predicted octanol–water partition coefficient (Wildman–Crippen LogP) is 1.54. The molecule has 0 spiro atoms. The van der Waals surface area contributed by atoms with Crippen LogP contribution >= 0.6 is 0 Å². The van der Waals surface area contributed by atoms with Gasteiger partial charge in [0.05, 0.1) is 11.5 Å². The molecule has 0 aromatic heterocycles. The molecular formula is C14H22N2O4S. The number of carbonyl (C=O) groups is 1. The van der Waals surface area contributed by atoms with Crippen molar-refractivity contribution in [3.8, 4) is 0 Å². The van der Waals surface area contributed by atoms with E-state index in [0.29, 0.717) is 12.1 Å². The second-order valence-corrected chi connectivity index (χ2v) is 6.60. The summed E-state index contributed by atoms with van der Waals surface area (Å²) in [5.74, 6) is -0.561. The van der Waals surface area contributed by atoms with Crippen LogP contribution in [-0.2, 0) is 19.6 Å². The van der Waals surface area contributed by atoms with E-state index in [1.54, 1.807) is 19.9 Å². The number of benzene rings is 1. The Kier molecular flexibility index (Phi) is 6.17. The van der Waals surface area contributed by atoms with Gasteiger partial charge in [-0.25, -0.2) is 8.42 Å². The molecule has 6 nitrogen and oxygen atoms in total. The lowest BCUT2D eigenvalue weighted by atomic mass is 10.2. The Labute approximate surface area is 125 Å². The van der Waals surface area contributed by atoms with Crippen LogP contribution in [0.1, 0.15) is 25.8 Å². The number of hydrogen-bond acceptors (Lipinski definition) is 5. The second kappa shape index (κ2) is 7.42. The molecule has 1 rings (SSSR count). The van der Waals surface area contributed by atoms with E-state index in [0.717, 1.165) is 9.87 Å². The number of anilines is 1. The van der Waals surface area contributed by atoms with Crippen molar-refractivity contribution in [3.63, 3.8) is 0 Å². The molecule has 0 heterocycles. The first kappa shape index (κ1) is 17.5. The summed E-state index contributed by atoms with van der Waals surface area (Å²) in [5, 5.41) is 0. The zero-order chi connectivity index (χ0) is 16.0. The van der Waals surface area contributed by atoms with E-state index in [2.05, 4.69) is 0 Å². The van der Waals surface area contributed by atoms with Crippen LogP contribution in [0.15, 0.2) is 23.1 Å². The quantitative estimate of drug-likeness (QED) is 0.609. The van der Waals surface area contributed by atoms with Crippen molar-refractivity contribution < 1.29 is 17.9 Å². The number of nitrogens with two attached hydrogens (primary N) is 1. The third-order valence-electron chi connectivity index (χ3n) is 2.97.